The predicted octanol–water partition coefficient (Wildman–Crippen LogP) is 4.00. The average Bonchev–Trinajstić information content (AvgIpc) is 3.48. The lowest BCUT2D eigenvalue weighted by Gasteiger charge is -2.30. The van der Waals surface area contributed by atoms with Gasteiger partial charge in [0.05, 0.1) is 24.8 Å². The molecule has 1 aromatic carbocycles. The number of hydrogen-bond acceptors (Lipinski definition) is 4. The van der Waals surface area contributed by atoms with Crippen LogP contribution >= 0.6 is 0 Å². The second-order valence-corrected chi connectivity index (χ2v) is 7.87. The molecule has 0 unspecified atom stereocenters. The molecule has 0 bridgehead atoms. The molecule has 0 N–H and O–H groups in total. The fourth-order valence-electron chi connectivity index (χ4n) is 3.99. The van der Waals surface area contributed by atoms with E-state index in [0.29, 0.717) is 31.8 Å². The summed E-state index contributed by atoms with van der Waals surface area (Å²) < 4.78 is 11.2. The summed E-state index contributed by atoms with van der Waals surface area (Å²) in [6.45, 7) is 7.67. The molecule has 6 nitrogen and oxygen atoms in total. The molecule has 2 atom stereocenters. The van der Waals surface area contributed by atoms with Crippen molar-refractivity contribution in [1.29, 1.82) is 0 Å². The first kappa shape index (κ1) is 22.8. The van der Waals surface area contributed by atoms with E-state index in [9.17, 15) is 9.59 Å². The van der Waals surface area contributed by atoms with Crippen molar-refractivity contribution >= 4 is 11.8 Å². The Balaban J connectivity index is 1.73. The third-order valence-electron chi connectivity index (χ3n) is 5.62. The molecule has 2 aromatic rings. The first-order chi connectivity index (χ1) is 15.1. The molecule has 1 aliphatic rings. The molecule has 1 aliphatic heterocycles. The van der Waals surface area contributed by atoms with Crippen LogP contribution in [-0.4, -0.2) is 54.0 Å². The van der Waals surface area contributed by atoms with Crippen LogP contribution in [0.5, 0.6) is 0 Å². The van der Waals surface area contributed by atoms with Crippen LogP contribution in [-0.2, 0) is 20.9 Å². The van der Waals surface area contributed by atoms with Crippen LogP contribution < -0.4 is 0 Å². The summed E-state index contributed by atoms with van der Waals surface area (Å²) >= 11 is 0. The van der Waals surface area contributed by atoms with Gasteiger partial charge in [0.25, 0.3) is 0 Å². The molecule has 2 heterocycles. The van der Waals surface area contributed by atoms with Gasteiger partial charge in [-0.2, -0.15) is 0 Å². The summed E-state index contributed by atoms with van der Waals surface area (Å²) in [5.41, 5.74) is 0.961. The number of rotatable bonds is 11. The van der Waals surface area contributed by atoms with Crippen LogP contribution in [0.2, 0.25) is 0 Å². The van der Waals surface area contributed by atoms with Crippen molar-refractivity contribution < 1.29 is 18.7 Å². The fraction of sp³-hybridized carbons (Fsp3) is 0.440. The van der Waals surface area contributed by atoms with E-state index in [1.165, 1.54) is 0 Å². The highest BCUT2D eigenvalue weighted by molar-refractivity contribution is 5.88. The van der Waals surface area contributed by atoms with Crippen molar-refractivity contribution in [3.63, 3.8) is 0 Å². The van der Waals surface area contributed by atoms with Crippen LogP contribution in [0.25, 0.3) is 0 Å². The number of carbonyl (C=O) groups is 2. The standard InChI is InChI=1S/C25H32N2O4/c1-3-14-26(25(29)23(4-2)20-10-6-5-7-11-20)19-24(28)27(17-21-12-8-15-30-21)18-22-13-9-16-31-22/h3,5-8,10-12,15,22-23H,1,4,9,13-14,16-19H2,2H3/t22-,23+/m1/s1. The smallest absolute Gasteiger partial charge is 0.242 e. The van der Waals surface area contributed by atoms with Crippen molar-refractivity contribution in [2.45, 2.75) is 44.8 Å². The van der Waals surface area contributed by atoms with Gasteiger partial charge in [0.2, 0.25) is 11.8 Å². The van der Waals surface area contributed by atoms with Gasteiger partial charge in [-0.3, -0.25) is 9.59 Å². The zero-order valence-electron chi connectivity index (χ0n) is 18.2. The lowest BCUT2D eigenvalue weighted by molar-refractivity contribution is -0.142. The van der Waals surface area contributed by atoms with Gasteiger partial charge < -0.3 is 19.0 Å². The molecule has 1 fully saturated rings. The van der Waals surface area contributed by atoms with Crippen molar-refractivity contribution in [3.8, 4) is 0 Å². The first-order valence-electron chi connectivity index (χ1n) is 11.0. The predicted molar refractivity (Wildman–Crippen MR) is 119 cm³/mol. The Kier molecular flexibility index (Phi) is 8.47. The normalized spacial score (nSPS) is 16.6. The summed E-state index contributed by atoms with van der Waals surface area (Å²) in [5.74, 6) is 0.247. The lowest BCUT2D eigenvalue weighted by atomic mass is 9.95. The number of amides is 2. The quantitative estimate of drug-likeness (QED) is 0.512. The maximum absolute atomic E-state index is 13.3. The van der Waals surface area contributed by atoms with E-state index in [1.807, 2.05) is 49.4 Å². The molecular formula is C25H32N2O4. The monoisotopic (exact) mass is 424 g/mol. The molecule has 0 saturated carbocycles. The van der Waals surface area contributed by atoms with E-state index in [2.05, 4.69) is 6.58 Å². The van der Waals surface area contributed by atoms with Crippen molar-refractivity contribution in [2.75, 3.05) is 26.2 Å². The largest absolute Gasteiger partial charge is 0.467 e. The Morgan fingerprint density at radius 1 is 1.19 bits per heavy atom. The summed E-state index contributed by atoms with van der Waals surface area (Å²) in [5, 5.41) is 0. The Labute approximate surface area is 184 Å². The summed E-state index contributed by atoms with van der Waals surface area (Å²) in [7, 11) is 0. The summed E-state index contributed by atoms with van der Waals surface area (Å²) in [6.07, 6.45) is 5.89. The molecule has 0 spiro atoms. The van der Waals surface area contributed by atoms with Gasteiger partial charge in [-0.1, -0.05) is 43.3 Å². The topological polar surface area (TPSA) is 63.0 Å². The van der Waals surface area contributed by atoms with Crippen molar-refractivity contribution in [2.24, 2.45) is 0 Å². The molecular weight excluding hydrogens is 392 g/mol. The molecule has 0 radical (unpaired) electrons. The maximum atomic E-state index is 13.3. The zero-order valence-corrected chi connectivity index (χ0v) is 18.2. The van der Waals surface area contributed by atoms with E-state index < -0.39 is 0 Å². The minimum atomic E-state index is -0.286. The summed E-state index contributed by atoms with van der Waals surface area (Å²) in [6, 6.07) is 13.4. The van der Waals surface area contributed by atoms with Crippen molar-refractivity contribution in [1.82, 2.24) is 9.80 Å². The lowest BCUT2D eigenvalue weighted by Crippen LogP contribution is -2.46. The Morgan fingerprint density at radius 3 is 2.61 bits per heavy atom. The van der Waals surface area contributed by atoms with Gasteiger partial charge in [0.1, 0.15) is 12.3 Å². The number of nitrogens with zero attached hydrogens (tertiary/aromatic N) is 2. The SMILES string of the molecule is C=CCN(CC(=O)N(Cc1ccco1)C[C@H]1CCCO1)C(=O)[C@@H](CC)c1ccccc1. The second kappa shape index (κ2) is 11.5. The third kappa shape index (κ3) is 6.31. The molecule has 3 rings (SSSR count). The number of carbonyl (C=O) groups excluding carboxylic acids is 2. The van der Waals surface area contributed by atoms with Crippen molar-refractivity contribution in [3.05, 3.63) is 72.7 Å². The molecule has 1 saturated heterocycles. The van der Waals surface area contributed by atoms with Crippen LogP contribution in [0.1, 0.15) is 43.4 Å². The van der Waals surface area contributed by atoms with Gasteiger partial charge in [0.15, 0.2) is 0 Å². The van der Waals surface area contributed by atoms with Gasteiger partial charge in [-0.25, -0.2) is 0 Å². The van der Waals surface area contributed by atoms with Gasteiger partial charge in [0, 0.05) is 19.7 Å². The molecule has 31 heavy (non-hydrogen) atoms. The van der Waals surface area contributed by atoms with E-state index in [0.717, 1.165) is 25.0 Å². The van der Waals surface area contributed by atoms with Gasteiger partial charge in [-0.15, -0.1) is 6.58 Å². The number of furan rings is 1. The molecule has 2 amide bonds. The van der Waals surface area contributed by atoms with Crippen LogP contribution in [0.3, 0.4) is 0 Å². The third-order valence-corrected chi connectivity index (χ3v) is 5.62. The number of benzene rings is 1. The van der Waals surface area contributed by atoms with E-state index in [4.69, 9.17) is 9.15 Å². The van der Waals surface area contributed by atoms with Gasteiger partial charge >= 0.3 is 0 Å². The minimum absolute atomic E-state index is 0.00160. The summed E-state index contributed by atoms with van der Waals surface area (Å²) in [4.78, 5) is 30.0. The van der Waals surface area contributed by atoms with E-state index in [-0.39, 0.29) is 30.4 Å². The number of ether oxygens (including phenoxy) is 1. The maximum Gasteiger partial charge on any atom is 0.242 e. The first-order valence-corrected chi connectivity index (χ1v) is 11.0. The van der Waals surface area contributed by atoms with Crippen LogP contribution in [0, 0.1) is 0 Å². The molecule has 6 heteroatoms. The minimum Gasteiger partial charge on any atom is -0.467 e. The Hall–Kier alpha value is -2.86. The van der Waals surface area contributed by atoms with E-state index in [1.54, 1.807) is 22.1 Å². The molecule has 166 valence electrons. The Bertz CT molecular complexity index is 828. The fourth-order valence-corrected chi connectivity index (χ4v) is 3.99. The highest BCUT2D eigenvalue weighted by Gasteiger charge is 2.29. The highest BCUT2D eigenvalue weighted by atomic mass is 16.5. The Morgan fingerprint density at radius 2 is 2.00 bits per heavy atom. The molecule has 0 aliphatic carbocycles. The van der Waals surface area contributed by atoms with Crippen LogP contribution in [0.4, 0.5) is 0 Å². The van der Waals surface area contributed by atoms with E-state index >= 15 is 0 Å². The zero-order chi connectivity index (χ0) is 22.1. The average molecular weight is 425 g/mol. The van der Waals surface area contributed by atoms with Gasteiger partial charge in [-0.05, 0) is 37.0 Å². The highest BCUT2D eigenvalue weighted by Crippen LogP contribution is 2.22. The second-order valence-electron chi connectivity index (χ2n) is 7.87. The molecule has 1 aromatic heterocycles. The number of hydrogen-bond donors (Lipinski definition) is 0. The van der Waals surface area contributed by atoms with Crippen LogP contribution in [0.15, 0.2) is 65.8 Å².